The molecule has 0 saturated carbocycles. The number of rotatable bonds is 6. The fourth-order valence-corrected chi connectivity index (χ4v) is 2.13. The molecule has 0 aliphatic carbocycles. The molecule has 0 heterocycles. The van der Waals surface area contributed by atoms with Crippen molar-refractivity contribution in [3.63, 3.8) is 0 Å². The van der Waals surface area contributed by atoms with Gasteiger partial charge in [0.1, 0.15) is 0 Å². The highest BCUT2D eigenvalue weighted by atomic mass is 14.4. The summed E-state index contributed by atoms with van der Waals surface area (Å²) in [5.41, 5.74) is 0.409. The lowest BCUT2D eigenvalue weighted by atomic mass is 9.67. The molecular formula is C13H26. The molecule has 2 unspecified atom stereocenters. The van der Waals surface area contributed by atoms with Crippen LogP contribution in [0.25, 0.3) is 0 Å². The maximum absolute atomic E-state index is 3.90. The van der Waals surface area contributed by atoms with Crippen molar-refractivity contribution in [1.29, 1.82) is 0 Å². The summed E-state index contributed by atoms with van der Waals surface area (Å²) in [5.74, 6) is 1.45. The van der Waals surface area contributed by atoms with E-state index in [4.69, 9.17) is 0 Å². The lowest BCUT2D eigenvalue weighted by Crippen LogP contribution is -2.29. The summed E-state index contributed by atoms with van der Waals surface area (Å²) in [7, 11) is 0. The predicted octanol–water partition coefficient (Wildman–Crippen LogP) is 4.66. The van der Waals surface area contributed by atoms with Crippen LogP contribution in [0.2, 0.25) is 0 Å². The molecule has 78 valence electrons. The molecule has 0 amide bonds. The van der Waals surface area contributed by atoms with E-state index in [2.05, 4.69) is 47.3 Å². The van der Waals surface area contributed by atoms with Gasteiger partial charge in [0, 0.05) is 0 Å². The first kappa shape index (κ1) is 12.7. The SMILES string of the molecule is C=CC(C)C(C)(C)C(CC)CCC. The predicted molar refractivity (Wildman–Crippen MR) is 61.8 cm³/mol. The molecule has 0 heteroatoms. The number of hydrogen-bond acceptors (Lipinski definition) is 0. The molecule has 0 aromatic rings. The van der Waals surface area contributed by atoms with Crippen LogP contribution < -0.4 is 0 Å². The van der Waals surface area contributed by atoms with Crippen molar-refractivity contribution in [1.82, 2.24) is 0 Å². The Hall–Kier alpha value is -0.260. The van der Waals surface area contributed by atoms with Gasteiger partial charge in [-0.15, -0.1) is 6.58 Å². The van der Waals surface area contributed by atoms with E-state index < -0.39 is 0 Å². The standard InChI is InChI=1S/C13H26/c1-7-10-12(9-3)13(5,6)11(4)8-2/h8,11-12H,2,7,9-10H2,1,3-6H3. The molecule has 0 aromatic heterocycles. The summed E-state index contributed by atoms with van der Waals surface area (Å²) in [4.78, 5) is 0. The quantitative estimate of drug-likeness (QED) is 0.524. The zero-order valence-corrected chi connectivity index (χ0v) is 10.1. The smallest absolute Gasteiger partial charge is 0.0211 e. The van der Waals surface area contributed by atoms with E-state index in [0.717, 1.165) is 5.92 Å². The average Bonchev–Trinajstić information content (AvgIpc) is 2.12. The largest absolute Gasteiger partial charge is 0.103 e. The van der Waals surface area contributed by atoms with Gasteiger partial charge in [-0.05, 0) is 17.3 Å². The molecule has 0 aliphatic rings. The first-order chi connectivity index (χ1) is 6.00. The van der Waals surface area contributed by atoms with Gasteiger partial charge in [-0.2, -0.15) is 0 Å². The first-order valence-corrected chi connectivity index (χ1v) is 5.63. The molecule has 13 heavy (non-hydrogen) atoms. The minimum Gasteiger partial charge on any atom is -0.103 e. The molecule has 0 N–H and O–H groups in total. The minimum atomic E-state index is 0.409. The van der Waals surface area contributed by atoms with Gasteiger partial charge in [-0.25, -0.2) is 0 Å². The third-order valence-corrected chi connectivity index (χ3v) is 3.71. The normalized spacial score (nSPS) is 16.7. The van der Waals surface area contributed by atoms with E-state index in [1.807, 2.05) is 0 Å². The number of allylic oxidation sites excluding steroid dienone is 1. The Morgan fingerprint density at radius 1 is 1.31 bits per heavy atom. The van der Waals surface area contributed by atoms with Gasteiger partial charge < -0.3 is 0 Å². The molecule has 0 spiro atoms. The zero-order chi connectivity index (χ0) is 10.5. The van der Waals surface area contributed by atoms with Gasteiger partial charge in [0.25, 0.3) is 0 Å². The van der Waals surface area contributed by atoms with Gasteiger partial charge in [0.15, 0.2) is 0 Å². The van der Waals surface area contributed by atoms with Crippen LogP contribution in [0.4, 0.5) is 0 Å². The van der Waals surface area contributed by atoms with Crippen LogP contribution in [0, 0.1) is 17.3 Å². The lowest BCUT2D eigenvalue weighted by molar-refractivity contribution is 0.140. The Labute approximate surface area is 84.4 Å². The first-order valence-electron chi connectivity index (χ1n) is 5.63. The second kappa shape index (κ2) is 5.47. The molecule has 0 saturated heterocycles. The molecule has 0 aromatic carbocycles. The molecule has 2 atom stereocenters. The van der Waals surface area contributed by atoms with E-state index in [0.29, 0.717) is 11.3 Å². The second-order valence-corrected chi connectivity index (χ2v) is 4.74. The minimum absolute atomic E-state index is 0.409. The van der Waals surface area contributed by atoms with E-state index in [9.17, 15) is 0 Å². The highest BCUT2D eigenvalue weighted by Crippen LogP contribution is 2.40. The van der Waals surface area contributed by atoms with Gasteiger partial charge in [0.2, 0.25) is 0 Å². The van der Waals surface area contributed by atoms with Crippen LogP contribution in [0.5, 0.6) is 0 Å². The van der Waals surface area contributed by atoms with Crippen LogP contribution in [-0.4, -0.2) is 0 Å². The van der Waals surface area contributed by atoms with Crippen molar-refractivity contribution in [2.45, 2.75) is 53.9 Å². The fourth-order valence-electron chi connectivity index (χ4n) is 2.13. The molecule has 0 radical (unpaired) electrons. The van der Waals surface area contributed by atoms with Crippen LogP contribution in [-0.2, 0) is 0 Å². The molecule has 0 rings (SSSR count). The Morgan fingerprint density at radius 3 is 2.15 bits per heavy atom. The van der Waals surface area contributed by atoms with Gasteiger partial charge in [-0.3, -0.25) is 0 Å². The molecule has 0 aliphatic heterocycles. The monoisotopic (exact) mass is 182 g/mol. The molecule has 0 bridgehead atoms. The summed E-state index contributed by atoms with van der Waals surface area (Å²) in [6.07, 6.45) is 6.03. The Kier molecular flexibility index (Phi) is 5.36. The summed E-state index contributed by atoms with van der Waals surface area (Å²) in [6.45, 7) is 15.5. The van der Waals surface area contributed by atoms with Crippen LogP contribution in [0.1, 0.15) is 53.9 Å². The zero-order valence-electron chi connectivity index (χ0n) is 10.1. The summed E-state index contributed by atoms with van der Waals surface area (Å²) in [6, 6.07) is 0. The molecular weight excluding hydrogens is 156 g/mol. The van der Waals surface area contributed by atoms with Crippen molar-refractivity contribution < 1.29 is 0 Å². The van der Waals surface area contributed by atoms with E-state index in [1.165, 1.54) is 19.3 Å². The van der Waals surface area contributed by atoms with E-state index >= 15 is 0 Å². The van der Waals surface area contributed by atoms with Gasteiger partial charge in [-0.1, -0.05) is 60.0 Å². The molecule has 0 nitrogen and oxygen atoms in total. The lowest BCUT2D eigenvalue weighted by Gasteiger charge is -2.38. The summed E-state index contributed by atoms with van der Waals surface area (Å²) < 4.78 is 0. The van der Waals surface area contributed by atoms with Gasteiger partial charge in [0.05, 0.1) is 0 Å². The van der Waals surface area contributed by atoms with Crippen molar-refractivity contribution in [2.75, 3.05) is 0 Å². The third-order valence-electron chi connectivity index (χ3n) is 3.71. The van der Waals surface area contributed by atoms with E-state index in [1.54, 1.807) is 0 Å². The van der Waals surface area contributed by atoms with Crippen molar-refractivity contribution in [3.8, 4) is 0 Å². The highest BCUT2D eigenvalue weighted by Gasteiger charge is 2.31. The maximum atomic E-state index is 3.90. The van der Waals surface area contributed by atoms with Crippen LogP contribution >= 0.6 is 0 Å². The van der Waals surface area contributed by atoms with Crippen molar-refractivity contribution in [3.05, 3.63) is 12.7 Å². The van der Waals surface area contributed by atoms with Crippen molar-refractivity contribution >= 4 is 0 Å². The Balaban J connectivity index is 4.44. The maximum Gasteiger partial charge on any atom is -0.0211 e. The van der Waals surface area contributed by atoms with Crippen molar-refractivity contribution in [2.24, 2.45) is 17.3 Å². The summed E-state index contributed by atoms with van der Waals surface area (Å²) in [5, 5.41) is 0. The van der Waals surface area contributed by atoms with Crippen LogP contribution in [0.15, 0.2) is 12.7 Å². The Morgan fingerprint density at radius 2 is 1.85 bits per heavy atom. The number of hydrogen-bond donors (Lipinski definition) is 0. The van der Waals surface area contributed by atoms with Crippen LogP contribution in [0.3, 0.4) is 0 Å². The third kappa shape index (κ3) is 3.17. The fraction of sp³-hybridized carbons (Fsp3) is 0.846. The highest BCUT2D eigenvalue weighted by molar-refractivity contribution is 4.91. The second-order valence-electron chi connectivity index (χ2n) is 4.74. The average molecular weight is 182 g/mol. The van der Waals surface area contributed by atoms with Gasteiger partial charge >= 0.3 is 0 Å². The molecule has 0 fully saturated rings. The Bertz CT molecular complexity index is 144. The summed E-state index contributed by atoms with van der Waals surface area (Å²) >= 11 is 0. The van der Waals surface area contributed by atoms with E-state index in [-0.39, 0.29) is 0 Å². The topological polar surface area (TPSA) is 0 Å².